The van der Waals surface area contributed by atoms with E-state index in [1.165, 1.54) is 0 Å². The Labute approximate surface area is 141 Å². The van der Waals surface area contributed by atoms with Crippen molar-refractivity contribution < 1.29 is 19.1 Å². The van der Waals surface area contributed by atoms with Crippen LogP contribution in [0.3, 0.4) is 0 Å². The van der Waals surface area contributed by atoms with Crippen LogP contribution < -0.4 is 0 Å². The van der Waals surface area contributed by atoms with E-state index in [0.717, 1.165) is 12.8 Å². The molecule has 0 unspecified atom stereocenters. The quantitative estimate of drug-likeness (QED) is 0.640. The van der Waals surface area contributed by atoms with Gasteiger partial charge in [-0.05, 0) is 46.5 Å². The minimum Gasteiger partial charge on any atom is -0.350 e. The molecular weight excluding hydrogens is 310 g/mol. The van der Waals surface area contributed by atoms with Crippen molar-refractivity contribution in [3.8, 4) is 0 Å². The van der Waals surface area contributed by atoms with E-state index < -0.39 is 23.9 Å². The maximum atomic E-state index is 13.3. The molecule has 24 heavy (non-hydrogen) atoms. The minimum atomic E-state index is -0.840. The molecular formula is C17H25N3O4. The number of fused-ring (bicyclic) bond motifs is 3. The average Bonchev–Trinajstić information content (AvgIpc) is 3.20. The van der Waals surface area contributed by atoms with Crippen LogP contribution in [0, 0.1) is 0 Å². The van der Waals surface area contributed by atoms with Gasteiger partial charge in [0.2, 0.25) is 17.7 Å². The van der Waals surface area contributed by atoms with Crippen molar-refractivity contribution in [1.82, 2.24) is 14.7 Å². The maximum Gasteiger partial charge on any atom is 0.248 e. The Morgan fingerprint density at radius 3 is 2.08 bits per heavy atom. The zero-order valence-corrected chi connectivity index (χ0v) is 14.5. The number of amides is 3. The van der Waals surface area contributed by atoms with E-state index in [2.05, 4.69) is 0 Å². The van der Waals surface area contributed by atoms with Gasteiger partial charge < -0.3 is 14.5 Å². The molecule has 4 aliphatic rings. The van der Waals surface area contributed by atoms with Gasteiger partial charge in [-0.3, -0.25) is 19.3 Å². The number of hydrogen-bond donors (Lipinski definition) is 0. The third-order valence-electron chi connectivity index (χ3n) is 5.91. The molecule has 4 heterocycles. The summed E-state index contributed by atoms with van der Waals surface area (Å²) in [5, 5.41) is 0. The Bertz CT molecular complexity index is 605. The standard InChI is InChI=1S/C17H25N3O4/c1-10-13-16(23)19-9-4-6-11(19)14(21)18-8-5-7-12(18)15(22)20(13)17(2,3)24-10/h10-13H,4-9H2,1-3H3/t10-,11+,12+,13+/m1/s1. The first-order valence-corrected chi connectivity index (χ1v) is 8.95. The fraction of sp³-hybridized carbons (Fsp3) is 0.824. The Kier molecular flexibility index (Phi) is 3.43. The summed E-state index contributed by atoms with van der Waals surface area (Å²) < 4.78 is 5.97. The van der Waals surface area contributed by atoms with Crippen molar-refractivity contribution in [2.75, 3.05) is 13.1 Å². The number of hydrogen-bond acceptors (Lipinski definition) is 4. The van der Waals surface area contributed by atoms with Gasteiger partial charge in [0.1, 0.15) is 23.9 Å². The molecule has 4 saturated heterocycles. The Balaban J connectivity index is 1.83. The highest BCUT2D eigenvalue weighted by Gasteiger charge is 2.57. The van der Waals surface area contributed by atoms with Crippen LogP contribution in [0.15, 0.2) is 0 Å². The van der Waals surface area contributed by atoms with E-state index in [4.69, 9.17) is 4.74 Å². The van der Waals surface area contributed by atoms with E-state index in [0.29, 0.717) is 25.9 Å². The molecule has 4 atom stereocenters. The summed E-state index contributed by atoms with van der Waals surface area (Å²) in [6.45, 7) is 6.68. The molecule has 7 heteroatoms. The second-order valence-electron chi connectivity index (χ2n) is 7.80. The molecule has 0 aliphatic carbocycles. The molecule has 0 aromatic rings. The van der Waals surface area contributed by atoms with E-state index in [1.54, 1.807) is 14.7 Å². The summed E-state index contributed by atoms with van der Waals surface area (Å²) in [5.41, 5.74) is -0.840. The molecule has 4 aliphatic heterocycles. The first-order chi connectivity index (χ1) is 11.3. The lowest BCUT2D eigenvalue weighted by atomic mass is 10.1. The molecule has 132 valence electrons. The third kappa shape index (κ3) is 2.03. The van der Waals surface area contributed by atoms with Gasteiger partial charge in [0.15, 0.2) is 0 Å². The van der Waals surface area contributed by atoms with Crippen molar-refractivity contribution in [1.29, 1.82) is 0 Å². The smallest absolute Gasteiger partial charge is 0.248 e. The molecule has 0 aromatic heterocycles. The average molecular weight is 335 g/mol. The highest BCUT2D eigenvalue weighted by molar-refractivity contribution is 5.98. The van der Waals surface area contributed by atoms with Crippen LogP contribution in [0.4, 0.5) is 0 Å². The predicted octanol–water partition coefficient (Wildman–Crippen LogP) is 0.334. The van der Waals surface area contributed by atoms with Gasteiger partial charge in [0.05, 0.1) is 6.10 Å². The Hall–Kier alpha value is -1.63. The molecule has 0 bridgehead atoms. The van der Waals surface area contributed by atoms with Crippen molar-refractivity contribution in [3.63, 3.8) is 0 Å². The summed E-state index contributed by atoms with van der Waals surface area (Å²) in [7, 11) is 0. The van der Waals surface area contributed by atoms with Crippen LogP contribution in [0.2, 0.25) is 0 Å². The Morgan fingerprint density at radius 1 is 0.917 bits per heavy atom. The van der Waals surface area contributed by atoms with E-state index in [1.807, 2.05) is 20.8 Å². The first-order valence-electron chi connectivity index (χ1n) is 8.95. The van der Waals surface area contributed by atoms with E-state index in [9.17, 15) is 14.4 Å². The summed E-state index contributed by atoms with van der Waals surface area (Å²) in [4.78, 5) is 44.5. The number of nitrogens with zero attached hydrogens (tertiary/aromatic N) is 3. The highest BCUT2D eigenvalue weighted by Crippen LogP contribution is 2.38. The molecule has 4 rings (SSSR count). The molecule has 4 fully saturated rings. The summed E-state index contributed by atoms with van der Waals surface area (Å²) in [5.74, 6) is -0.336. The molecule has 3 amide bonds. The molecule has 0 aromatic carbocycles. The zero-order chi connectivity index (χ0) is 17.2. The number of carbonyl (C=O) groups is 3. The van der Waals surface area contributed by atoms with Gasteiger partial charge >= 0.3 is 0 Å². The fourth-order valence-electron chi connectivity index (χ4n) is 4.93. The topological polar surface area (TPSA) is 70.2 Å². The lowest BCUT2D eigenvalue weighted by Gasteiger charge is -2.36. The Morgan fingerprint density at radius 2 is 1.46 bits per heavy atom. The first kappa shape index (κ1) is 15.9. The lowest BCUT2D eigenvalue weighted by molar-refractivity contribution is -0.156. The number of rotatable bonds is 0. The van der Waals surface area contributed by atoms with Gasteiger partial charge in [0, 0.05) is 13.1 Å². The normalized spacial score (nSPS) is 38.6. The lowest BCUT2D eigenvalue weighted by Crippen LogP contribution is -2.57. The molecule has 0 saturated carbocycles. The second-order valence-corrected chi connectivity index (χ2v) is 7.80. The fourth-order valence-corrected chi connectivity index (χ4v) is 4.93. The van der Waals surface area contributed by atoms with E-state index in [-0.39, 0.29) is 23.8 Å². The number of ether oxygens (including phenoxy) is 1. The van der Waals surface area contributed by atoms with Gasteiger partial charge in [0.25, 0.3) is 0 Å². The van der Waals surface area contributed by atoms with Crippen LogP contribution in [0.1, 0.15) is 46.5 Å². The van der Waals surface area contributed by atoms with Gasteiger partial charge in [-0.1, -0.05) is 0 Å². The van der Waals surface area contributed by atoms with Gasteiger partial charge in [-0.15, -0.1) is 0 Å². The minimum absolute atomic E-state index is 0.0516. The largest absolute Gasteiger partial charge is 0.350 e. The van der Waals surface area contributed by atoms with Crippen LogP contribution in [-0.4, -0.2) is 75.5 Å². The monoisotopic (exact) mass is 335 g/mol. The van der Waals surface area contributed by atoms with E-state index >= 15 is 0 Å². The van der Waals surface area contributed by atoms with Crippen molar-refractivity contribution >= 4 is 17.7 Å². The zero-order valence-electron chi connectivity index (χ0n) is 14.5. The van der Waals surface area contributed by atoms with Crippen molar-refractivity contribution in [2.24, 2.45) is 0 Å². The number of carbonyl (C=O) groups excluding carboxylic acids is 3. The summed E-state index contributed by atoms with van der Waals surface area (Å²) in [6, 6.07) is -1.51. The summed E-state index contributed by atoms with van der Waals surface area (Å²) in [6.07, 6.45) is 2.64. The summed E-state index contributed by atoms with van der Waals surface area (Å²) >= 11 is 0. The van der Waals surface area contributed by atoms with Gasteiger partial charge in [-0.2, -0.15) is 0 Å². The van der Waals surface area contributed by atoms with Crippen LogP contribution >= 0.6 is 0 Å². The molecule has 0 radical (unpaired) electrons. The molecule has 0 N–H and O–H groups in total. The van der Waals surface area contributed by atoms with Gasteiger partial charge in [-0.25, -0.2) is 0 Å². The predicted molar refractivity (Wildman–Crippen MR) is 84.7 cm³/mol. The van der Waals surface area contributed by atoms with Crippen LogP contribution in [-0.2, 0) is 19.1 Å². The van der Waals surface area contributed by atoms with Crippen molar-refractivity contribution in [3.05, 3.63) is 0 Å². The third-order valence-corrected chi connectivity index (χ3v) is 5.91. The maximum absolute atomic E-state index is 13.3. The van der Waals surface area contributed by atoms with Crippen LogP contribution in [0.5, 0.6) is 0 Å². The SMILES string of the molecule is C[C@H]1OC(C)(C)N2C(=O)[C@@H]3CCCN3C(=O)[C@@H]3CCCN3C(=O)[C@H]12. The molecule has 0 spiro atoms. The molecule has 7 nitrogen and oxygen atoms in total. The highest BCUT2D eigenvalue weighted by atomic mass is 16.5. The van der Waals surface area contributed by atoms with Crippen LogP contribution in [0.25, 0.3) is 0 Å². The van der Waals surface area contributed by atoms with Crippen molar-refractivity contribution in [2.45, 2.75) is 76.4 Å². The second kappa shape index (κ2) is 5.18.